The summed E-state index contributed by atoms with van der Waals surface area (Å²) in [6.07, 6.45) is -4.32. The van der Waals surface area contributed by atoms with E-state index in [1.54, 1.807) is 24.3 Å². The first-order chi connectivity index (χ1) is 8.39. The zero-order valence-electron chi connectivity index (χ0n) is 9.16. The van der Waals surface area contributed by atoms with Crippen molar-refractivity contribution in [3.8, 4) is 0 Å². The summed E-state index contributed by atoms with van der Waals surface area (Å²) < 4.78 is 38.7. The number of nitrogens with one attached hydrogen (secondary N) is 1. The molecule has 6 heteroatoms. The van der Waals surface area contributed by atoms with Gasteiger partial charge in [0.15, 0.2) is 0 Å². The first kappa shape index (κ1) is 12.5. The molecule has 1 aromatic carbocycles. The van der Waals surface area contributed by atoms with Crippen LogP contribution in [0.15, 0.2) is 30.5 Å². The largest absolute Gasteiger partial charge is 0.481 e. The smallest absolute Gasteiger partial charge is 0.396 e. The van der Waals surface area contributed by atoms with Crippen LogP contribution in [0, 0.1) is 0 Å². The van der Waals surface area contributed by atoms with Gasteiger partial charge in [-0.1, -0.05) is 18.2 Å². The van der Waals surface area contributed by atoms with Crippen molar-refractivity contribution in [1.82, 2.24) is 4.98 Å². The Morgan fingerprint density at radius 2 is 2.00 bits per heavy atom. The summed E-state index contributed by atoms with van der Waals surface area (Å²) in [6, 6.07) is 6.51. The molecule has 2 rings (SSSR count). The lowest BCUT2D eigenvalue weighted by atomic mass is 9.95. The maximum atomic E-state index is 12.9. The molecule has 18 heavy (non-hydrogen) atoms. The second-order valence-electron chi connectivity index (χ2n) is 3.98. The molecular weight excluding hydrogens is 247 g/mol. The van der Waals surface area contributed by atoms with Crippen LogP contribution in [0.25, 0.3) is 10.9 Å². The minimum atomic E-state index is -4.58. The van der Waals surface area contributed by atoms with Crippen LogP contribution in [0.3, 0.4) is 0 Å². The van der Waals surface area contributed by atoms with E-state index in [-0.39, 0.29) is 5.56 Å². The van der Waals surface area contributed by atoms with Crippen LogP contribution in [0.2, 0.25) is 0 Å². The number of aromatic amines is 1. The number of carbonyl (C=O) groups is 1. The highest BCUT2D eigenvalue weighted by molar-refractivity contribution is 5.84. The number of aliphatic carboxylic acids is 1. The average molecular weight is 257 g/mol. The van der Waals surface area contributed by atoms with Gasteiger partial charge in [-0.3, -0.25) is 4.79 Å². The molecule has 0 fully saturated rings. The third kappa shape index (κ3) is 2.32. The number of H-pyrrole nitrogens is 1. The number of fused-ring (bicyclic) bond motifs is 1. The molecule has 2 aromatic rings. The predicted molar refractivity (Wildman–Crippen MR) is 59.3 cm³/mol. The fourth-order valence-corrected chi connectivity index (χ4v) is 1.96. The Labute approximate surface area is 100 Å². The highest BCUT2D eigenvalue weighted by atomic mass is 19.4. The first-order valence-electron chi connectivity index (χ1n) is 5.24. The van der Waals surface area contributed by atoms with Crippen molar-refractivity contribution in [3.05, 3.63) is 36.0 Å². The number of para-hydroxylation sites is 1. The molecule has 0 amide bonds. The molecule has 0 bridgehead atoms. The van der Waals surface area contributed by atoms with E-state index in [0.717, 1.165) is 0 Å². The Kier molecular flexibility index (Phi) is 3.02. The van der Waals surface area contributed by atoms with E-state index in [2.05, 4.69) is 4.98 Å². The quantitative estimate of drug-likeness (QED) is 0.886. The van der Waals surface area contributed by atoms with Crippen molar-refractivity contribution in [2.24, 2.45) is 0 Å². The molecule has 0 aliphatic carbocycles. The van der Waals surface area contributed by atoms with Crippen LogP contribution in [0.5, 0.6) is 0 Å². The molecule has 1 heterocycles. The molecule has 0 saturated heterocycles. The Balaban J connectivity index is 2.51. The average Bonchev–Trinajstić information content (AvgIpc) is 2.67. The molecule has 0 aliphatic rings. The molecule has 1 atom stereocenters. The number of carboxylic acid groups (broad SMARTS) is 1. The zero-order chi connectivity index (χ0) is 13.3. The Hall–Kier alpha value is -1.98. The predicted octanol–water partition coefficient (Wildman–Crippen LogP) is 3.29. The number of hydrogen-bond acceptors (Lipinski definition) is 1. The van der Waals surface area contributed by atoms with Gasteiger partial charge < -0.3 is 10.1 Å². The van der Waals surface area contributed by atoms with Crippen LogP contribution in [0.1, 0.15) is 17.9 Å². The normalized spacial score (nSPS) is 13.7. The summed E-state index contributed by atoms with van der Waals surface area (Å²) in [6.45, 7) is 0. The topological polar surface area (TPSA) is 53.1 Å². The van der Waals surface area contributed by atoms with Crippen LogP contribution < -0.4 is 0 Å². The van der Waals surface area contributed by atoms with Gasteiger partial charge in [-0.15, -0.1) is 0 Å². The van der Waals surface area contributed by atoms with E-state index < -0.39 is 24.5 Å². The zero-order valence-corrected chi connectivity index (χ0v) is 9.16. The number of carboxylic acids is 1. The second kappa shape index (κ2) is 4.36. The van der Waals surface area contributed by atoms with E-state index in [0.29, 0.717) is 10.9 Å². The fraction of sp³-hybridized carbons (Fsp3) is 0.250. The summed E-state index contributed by atoms with van der Waals surface area (Å²) in [5, 5.41) is 9.01. The van der Waals surface area contributed by atoms with Crippen LogP contribution in [-0.2, 0) is 4.79 Å². The van der Waals surface area contributed by atoms with Crippen LogP contribution >= 0.6 is 0 Å². The molecule has 0 saturated carbocycles. The third-order valence-electron chi connectivity index (χ3n) is 2.77. The van der Waals surface area contributed by atoms with Gasteiger partial charge in [0.25, 0.3) is 0 Å². The molecule has 96 valence electrons. The maximum Gasteiger partial charge on any atom is 0.396 e. The fourth-order valence-electron chi connectivity index (χ4n) is 1.96. The number of rotatable bonds is 3. The van der Waals surface area contributed by atoms with Gasteiger partial charge in [-0.05, 0) is 11.6 Å². The maximum absolute atomic E-state index is 12.9. The number of halogens is 3. The second-order valence-corrected chi connectivity index (χ2v) is 3.98. The summed E-state index contributed by atoms with van der Waals surface area (Å²) in [4.78, 5) is 13.3. The van der Waals surface area contributed by atoms with Gasteiger partial charge in [0, 0.05) is 17.1 Å². The van der Waals surface area contributed by atoms with E-state index >= 15 is 0 Å². The van der Waals surface area contributed by atoms with Gasteiger partial charge in [0.05, 0.1) is 12.3 Å². The van der Waals surface area contributed by atoms with Crippen molar-refractivity contribution in [1.29, 1.82) is 0 Å². The molecule has 0 radical (unpaired) electrons. The molecule has 3 nitrogen and oxygen atoms in total. The van der Waals surface area contributed by atoms with Gasteiger partial charge in [-0.2, -0.15) is 13.2 Å². The molecular formula is C12H10F3NO2. The molecule has 0 aliphatic heterocycles. The van der Waals surface area contributed by atoms with Crippen LogP contribution in [-0.4, -0.2) is 22.2 Å². The summed E-state index contributed by atoms with van der Waals surface area (Å²) >= 11 is 0. The number of hydrogen-bond donors (Lipinski definition) is 2. The number of aromatic nitrogens is 1. The lowest BCUT2D eigenvalue weighted by Gasteiger charge is -2.18. The molecule has 0 unspecified atom stereocenters. The lowest BCUT2D eigenvalue weighted by molar-refractivity contribution is -0.163. The van der Waals surface area contributed by atoms with Crippen molar-refractivity contribution in [3.63, 3.8) is 0 Å². The van der Waals surface area contributed by atoms with E-state index in [1.165, 1.54) is 6.20 Å². The Morgan fingerprint density at radius 1 is 1.33 bits per heavy atom. The lowest BCUT2D eigenvalue weighted by Crippen LogP contribution is -2.23. The molecule has 0 spiro atoms. The summed E-state index contributed by atoms with van der Waals surface area (Å²) in [5.74, 6) is -3.46. The van der Waals surface area contributed by atoms with Gasteiger partial charge in [-0.25, -0.2) is 0 Å². The van der Waals surface area contributed by atoms with Gasteiger partial charge in [0.1, 0.15) is 0 Å². The van der Waals surface area contributed by atoms with Gasteiger partial charge in [0.2, 0.25) is 0 Å². The first-order valence-corrected chi connectivity index (χ1v) is 5.24. The number of benzene rings is 1. The summed E-state index contributed by atoms with van der Waals surface area (Å²) in [5.41, 5.74) is 0.535. The van der Waals surface area contributed by atoms with Crippen molar-refractivity contribution >= 4 is 16.9 Å². The van der Waals surface area contributed by atoms with Crippen molar-refractivity contribution in [2.45, 2.75) is 18.5 Å². The highest BCUT2D eigenvalue weighted by Crippen LogP contribution is 2.40. The minimum Gasteiger partial charge on any atom is -0.481 e. The Morgan fingerprint density at radius 3 is 2.61 bits per heavy atom. The van der Waals surface area contributed by atoms with Crippen molar-refractivity contribution < 1.29 is 23.1 Å². The standard InChI is InChI=1S/C12H10F3NO2/c13-12(14,15)9(5-11(17)18)8-6-16-10-4-2-1-3-7(8)10/h1-4,6,9,16H,5H2,(H,17,18)/t9-/m1/s1. The Bertz CT molecular complexity index is 574. The number of alkyl halides is 3. The summed E-state index contributed by atoms with van der Waals surface area (Å²) in [7, 11) is 0. The third-order valence-corrected chi connectivity index (χ3v) is 2.77. The monoisotopic (exact) mass is 257 g/mol. The highest BCUT2D eigenvalue weighted by Gasteiger charge is 2.43. The molecule has 1 aromatic heterocycles. The minimum absolute atomic E-state index is 0.0273. The van der Waals surface area contributed by atoms with E-state index in [1.807, 2.05) is 0 Å². The van der Waals surface area contributed by atoms with E-state index in [9.17, 15) is 18.0 Å². The molecule has 2 N–H and O–H groups in total. The SMILES string of the molecule is O=C(O)C[C@H](c1c[nH]c2ccccc12)C(F)(F)F. The van der Waals surface area contributed by atoms with Crippen LogP contribution in [0.4, 0.5) is 13.2 Å². The van der Waals surface area contributed by atoms with Crippen molar-refractivity contribution in [2.75, 3.05) is 0 Å². The van der Waals surface area contributed by atoms with E-state index in [4.69, 9.17) is 5.11 Å². The van der Waals surface area contributed by atoms with Gasteiger partial charge >= 0.3 is 12.1 Å².